The van der Waals surface area contributed by atoms with Crippen molar-refractivity contribution in [2.45, 2.75) is 0 Å². The number of hydrogen-bond donors (Lipinski definition) is 0. The quantitative estimate of drug-likeness (QED) is 0.809. The van der Waals surface area contributed by atoms with Gasteiger partial charge in [-0.1, -0.05) is 17.4 Å². The molecule has 1 aromatic carbocycles. The molecule has 2 rings (SSSR count). The summed E-state index contributed by atoms with van der Waals surface area (Å²) in [7, 11) is 6.47. The van der Waals surface area contributed by atoms with Crippen molar-refractivity contribution in [1.29, 1.82) is 0 Å². The fourth-order valence-corrected chi connectivity index (χ4v) is 2.63. The highest BCUT2D eigenvalue weighted by Crippen LogP contribution is 2.38. The normalized spacial score (nSPS) is 10.7. The topological polar surface area (TPSA) is 36.9 Å². The zero-order valence-corrected chi connectivity index (χ0v) is 13.3. The van der Waals surface area contributed by atoms with Crippen LogP contribution in [-0.2, 0) is 0 Å². The number of thiophene rings is 1. The van der Waals surface area contributed by atoms with E-state index in [2.05, 4.69) is 0 Å². The molecule has 0 aliphatic rings. The molecule has 5 heteroatoms. The molecule has 0 fully saturated rings. The molecular weight excluding hydrogens is 288 g/mol. The van der Waals surface area contributed by atoms with E-state index in [9.17, 15) is 0 Å². The zero-order valence-electron chi connectivity index (χ0n) is 12.5. The lowest BCUT2D eigenvalue weighted by atomic mass is 10.1. The van der Waals surface area contributed by atoms with Crippen molar-refractivity contribution in [3.05, 3.63) is 34.7 Å². The highest BCUT2D eigenvalue weighted by molar-refractivity contribution is 7.14. The van der Waals surface area contributed by atoms with Gasteiger partial charge >= 0.3 is 0 Å². The molecule has 2 aromatic rings. The van der Waals surface area contributed by atoms with E-state index in [1.807, 2.05) is 36.4 Å². The average molecular weight is 306 g/mol. The highest BCUT2D eigenvalue weighted by Gasteiger charge is 2.11. The standard InChI is InChI=1S/C16H18O4S/c1-17-13-9-11(10-14(18-2)16(13)20-4)5-6-12-7-8-15(19-3)21-12/h5-10H,1-4H3/b6-5+. The van der Waals surface area contributed by atoms with Crippen LogP contribution in [0, 0.1) is 0 Å². The molecule has 1 aromatic heterocycles. The van der Waals surface area contributed by atoms with Crippen molar-refractivity contribution in [3.63, 3.8) is 0 Å². The van der Waals surface area contributed by atoms with Gasteiger partial charge in [-0.3, -0.25) is 0 Å². The second kappa shape index (κ2) is 7.04. The number of hydrogen-bond acceptors (Lipinski definition) is 5. The molecule has 0 atom stereocenters. The summed E-state index contributed by atoms with van der Waals surface area (Å²) >= 11 is 1.58. The maximum atomic E-state index is 5.34. The number of methoxy groups -OCH3 is 4. The maximum Gasteiger partial charge on any atom is 0.203 e. The molecule has 112 valence electrons. The fraction of sp³-hybridized carbons (Fsp3) is 0.250. The Hall–Kier alpha value is -2.14. The van der Waals surface area contributed by atoms with Gasteiger partial charge in [-0.05, 0) is 35.9 Å². The summed E-state index contributed by atoms with van der Waals surface area (Å²) in [6, 6.07) is 7.77. The second-order valence-corrected chi connectivity index (χ2v) is 5.23. The van der Waals surface area contributed by atoms with Gasteiger partial charge in [0, 0.05) is 4.88 Å². The van der Waals surface area contributed by atoms with Crippen LogP contribution in [-0.4, -0.2) is 28.4 Å². The maximum absolute atomic E-state index is 5.34. The first-order valence-electron chi connectivity index (χ1n) is 6.33. The van der Waals surface area contributed by atoms with E-state index in [0.29, 0.717) is 17.2 Å². The Morgan fingerprint density at radius 1 is 0.810 bits per heavy atom. The summed E-state index contributed by atoms with van der Waals surface area (Å²) < 4.78 is 21.2. The van der Waals surface area contributed by atoms with Gasteiger partial charge in [-0.15, -0.1) is 0 Å². The molecule has 21 heavy (non-hydrogen) atoms. The largest absolute Gasteiger partial charge is 0.493 e. The summed E-state index contributed by atoms with van der Waals surface area (Å²) in [5.74, 6) is 1.87. The van der Waals surface area contributed by atoms with Gasteiger partial charge in [0.05, 0.1) is 28.4 Å². The summed E-state index contributed by atoms with van der Waals surface area (Å²) in [5, 5.41) is 0.888. The fourth-order valence-electron chi connectivity index (χ4n) is 1.91. The monoisotopic (exact) mass is 306 g/mol. The van der Waals surface area contributed by atoms with Gasteiger partial charge in [0.25, 0.3) is 0 Å². The van der Waals surface area contributed by atoms with Crippen LogP contribution in [0.5, 0.6) is 22.3 Å². The SMILES string of the molecule is COc1ccc(/C=C/c2cc(OC)c(OC)c(OC)c2)s1. The molecular formula is C16H18O4S. The number of rotatable bonds is 6. The molecule has 4 nitrogen and oxygen atoms in total. The summed E-state index contributed by atoms with van der Waals surface area (Å²) in [4.78, 5) is 1.11. The van der Waals surface area contributed by atoms with Crippen LogP contribution in [0.4, 0.5) is 0 Å². The summed E-state index contributed by atoms with van der Waals surface area (Å²) in [6.07, 6.45) is 4.02. The highest BCUT2D eigenvalue weighted by atomic mass is 32.1. The van der Waals surface area contributed by atoms with Crippen LogP contribution >= 0.6 is 11.3 Å². The first kappa shape index (κ1) is 15.3. The lowest BCUT2D eigenvalue weighted by molar-refractivity contribution is 0.324. The zero-order chi connectivity index (χ0) is 15.2. The Balaban J connectivity index is 2.31. The molecule has 0 spiro atoms. The second-order valence-electron chi connectivity index (χ2n) is 4.15. The van der Waals surface area contributed by atoms with E-state index in [0.717, 1.165) is 15.5 Å². The molecule has 0 saturated heterocycles. The van der Waals surface area contributed by atoms with Crippen LogP contribution in [0.3, 0.4) is 0 Å². The third-order valence-corrected chi connectivity index (χ3v) is 3.94. The Morgan fingerprint density at radius 2 is 1.48 bits per heavy atom. The minimum Gasteiger partial charge on any atom is -0.493 e. The Kier molecular flexibility index (Phi) is 5.11. The first-order chi connectivity index (χ1) is 10.2. The summed E-state index contributed by atoms with van der Waals surface area (Å²) in [5.41, 5.74) is 0.969. The lowest BCUT2D eigenvalue weighted by Gasteiger charge is -2.12. The Labute approximate surface area is 128 Å². The van der Waals surface area contributed by atoms with Crippen molar-refractivity contribution >= 4 is 23.5 Å². The lowest BCUT2D eigenvalue weighted by Crippen LogP contribution is -1.95. The van der Waals surface area contributed by atoms with Crippen LogP contribution in [0.2, 0.25) is 0 Å². The predicted molar refractivity (Wildman–Crippen MR) is 85.9 cm³/mol. The number of benzene rings is 1. The molecule has 1 heterocycles. The van der Waals surface area contributed by atoms with Gasteiger partial charge in [-0.2, -0.15) is 0 Å². The molecule has 0 bridgehead atoms. The third kappa shape index (κ3) is 3.49. The van der Waals surface area contributed by atoms with Gasteiger partial charge < -0.3 is 18.9 Å². The predicted octanol–water partition coefficient (Wildman–Crippen LogP) is 3.95. The van der Waals surface area contributed by atoms with Crippen molar-refractivity contribution in [3.8, 4) is 22.3 Å². The van der Waals surface area contributed by atoms with Crippen LogP contribution < -0.4 is 18.9 Å². The van der Waals surface area contributed by atoms with Crippen LogP contribution in [0.1, 0.15) is 10.4 Å². The smallest absolute Gasteiger partial charge is 0.203 e. The van der Waals surface area contributed by atoms with E-state index in [4.69, 9.17) is 18.9 Å². The molecule has 0 aliphatic heterocycles. The van der Waals surface area contributed by atoms with E-state index < -0.39 is 0 Å². The Morgan fingerprint density at radius 3 is 1.95 bits per heavy atom. The summed E-state index contributed by atoms with van der Waals surface area (Å²) in [6.45, 7) is 0. The van der Waals surface area contributed by atoms with Crippen molar-refractivity contribution in [2.24, 2.45) is 0 Å². The van der Waals surface area contributed by atoms with E-state index >= 15 is 0 Å². The minimum atomic E-state index is 0.593. The minimum absolute atomic E-state index is 0.593. The van der Waals surface area contributed by atoms with Gasteiger partial charge in [0.15, 0.2) is 16.6 Å². The van der Waals surface area contributed by atoms with Crippen LogP contribution in [0.15, 0.2) is 24.3 Å². The van der Waals surface area contributed by atoms with Crippen LogP contribution in [0.25, 0.3) is 12.2 Å². The third-order valence-electron chi connectivity index (χ3n) is 2.93. The van der Waals surface area contributed by atoms with Gasteiger partial charge in [0.1, 0.15) is 0 Å². The average Bonchev–Trinajstić information content (AvgIpc) is 2.99. The Bertz CT molecular complexity index is 606. The first-order valence-corrected chi connectivity index (χ1v) is 7.15. The number of ether oxygens (including phenoxy) is 4. The van der Waals surface area contributed by atoms with Gasteiger partial charge in [-0.25, -0.2) is 0 Å². The van der Waals surface area contributed by atoms with Crippen molar-refractivity contribution < 1.29 is 18.9 Å². The molecule has 0 radical (unpaired) electrons. The van der Waals surface area contributed by atoms with Crippen molar-refractivity contribution in [1.82, 2.24) is 0 Å². The molecule has 0 amide bonds. The van der Waals surface area contributed by atoms with Gasteiger partial charge in [0.2, 0.25) is 5.75 Å². The molecule has 0 unspecified atom stereocenters. The van der Waals surface area contributed by atoms with E-state index in [-0.39, 0.29) is 0 Å². The molecule has 0 N–H and O–H groups in total. The van der Waals surface area contributed by atoms with E-state index in [1.54, 1.807) is 39.8 Å². The molecule has 0 saturated carbocycles. The molecule has 0 aliphatic carbocycles. The van der Waals surface area contributed by atoms with Crippen molar-refractivity contribution in [2.75, 3.05) is 28.4 Å². The van der Waals surface area contributed by atoms with E-state index in [1.165, 1.54) is 0 Å².